The average Bonchev–Trinajstić information content (AvgIpc) is 3.30. The van der Waals surface area contributed by atoms with Gasteiger partial charge in [0.05, 0.1) is 23.8 Å². The standard InChI is InChI=1S/C53H47IO8Si/c1-56-34-61-51-41(19-17-36-18-24-48(54)47(27-36)53(55)58-3)28-39-20-22-43(59-32-37-13-9-7-10-14-37)30-45(39)49(51)50-46-31-44(60-33-38-15-11-8-12-16-38)23-21-40(46)29-42(25-26-63(4,5)6)52(50)62-35-57-2/h7-16,18,20-24,27-31H,32-35H2,1-6H3. The van der Waals surface area contributed by atoms with Crippen molar-refractivity contribution in [2.45, 2.75) is 32.9 Å². The van der Waals surface area contributed by atoms with Gasteiger partial charge in [-0.3, -0.25) is 0 Å². The van der Waals surface area contributed by atoms with Crippen LogP contribution in [0.4, 0.5) is 0 Å². The molecular weight excluding hydrogens is 920 g/mol. The minimum Gasteiger partial charge on any atom is -0.489 e. The summed E-state index contributed by atoms with van der Waals surface area (Å²) in [5.41, 5.74) is 9.36. The Morgan fingerprint density at radius 2 is 1.08 bits per heavy atom. The van der Waals surface area contributed by atoms with Crippen molar-refractivity contribution < 1.29 is 38.0 Å². The van der Waals surface area contributed by atoms with Gasteiger partial charge in [-0.1, -0.05) is 110 Å². The number of esters is 1. The highest BCUT2D eigenvalue weighted by Crippen LogP contribution is 2.49. The molecule has 7 aromatic rings. The zero-order valence-corrected chi connectivity index (χ0v) is 39.3. The number of hydrogen-bond donors (Lipinski definition) is 0. The highest BCUT2D eigenvalue weighted by Gasteiger charge is 2.26. The van der Waals surface area contributed by atoms with Crippen molar-refractivity contribution in [2.24, 2.45) is 0 Å². The lowest BCUT2D eigenvalue weighted by Gasteiger charge is -2.22. The normalized spacial score (nSPS) is 11.0. The number of ether oxygens (including phenoxy) is 7. The van der Waals surface area contributed by atoms with Crippen LogP contribution in [-0.2, 0) is 27.4 Å². The van der Waals surface area contributed by atoms with Crippen LogP contribution in [0.15, 0.2) is 127 Å². The summed E-state index contributed by atoms with van der Waals surface area (Å²) in [5.74, 6) is 12.1. The fraction of sp³-hybridized carbons (Fsp3) is 0.189. The molecule has 0 fully saturated rings. The van der Waals surface area contributed by atoms with E-state index in [9.17, 15) is 4.79 Å². The van der Waals surface area contributed by atoms with Gasteiger partial charge < -0.3 is 33.2 Å². The SMILES string of the molecule is COCOc1c(C#Cc2ccc(I)c(C(=O)OC)c2)cc2ccc(OCc3ccccc3)cc2c1-c1c(OCOC)c(C#C[Si](C)(C)C)cc2ccc(OCc3ccccc3)cc12. The van der Waals surface area contributed by atoms with Crippen molar-refractivity contribution in [3.8, 4) is 57.4 Å². The van der Waals surface area contributed by atoms with E-state index in [0.717, 1.165) is 36.2 Å². The molecule has 63 heavy (non-hydrogen) atoms. The van der Waals surface area contributed by atoms with E-state index in [1.807, 2.05) is 115 Å². The molecule has 8 nitrogen and oxygen atoms in total. The van der Waals surface area contributed by atoms with E-state index < -0.39 is 14.0 Å². The van der Waals surface area contributed by atoms with Gasteiger partial charge in [0.2, 0.25) is 0 Å². The molecule has 0 aromatic heterocycles. The highest BCUT2D eigenvalue weighted by atomic mass is 127. The van der Waals surface area contributed by atoms with E-state index >= 15 is 0 Å². The van der Waals surface area contributed by atoms with E-state index in [-0.39, 0.29) is 13.6 Å². The molecule has 0 aliphatic carbocycles. The van der Waals surface area contributed by atoms with Crippen molar-refractivity contribution in [1.29, 1.82) is 0 Å². The first-order valence-electron chi connectivity index (χ1n) is 20.3. The third-order valence-electron chi connectivity index (χ3n) is 9.81. The zero-order chi connectivity index (χ0) is 44.3. The van der Waals surface area contributed by atoms with Crippen molar-refractivity contribution in [2.75, 3.05) is 34.9 Å². The first-order chi connectivity index (χ1) is 30.5. The van der Waals surface area contributed by atoms with Gasteiger partial charge in [0, 0.05) is 34.5 Å². The Morgan fingerprint density at radius 1 is 0.571 bits per heavy atom. The summed E-state index contributed by atoms with van der Waals surface area (Å²) >= 11 is 2.12. The molecule has 318 valence electrons. The Labute approximate surface area is 383 Å². The Balaban J connectivity index is 1.56. The van der Waals surface area contributed by atoms with E-state index in [0.29, 0.717) is 69.6 Å². The molecule has 0 radical (unpaired) electrons. The number of benzene rings is 7. The lowest BCUT2D eigenvalue weighted by molar-refractivity contribution is 0.0500. The predicted octanol–water partition coefficient (Wildman–Crippen LogP) is 11.8. The first-order valence-corrected chi connectivity index (χ1v) is 24.8. The summed E-state index contributed by atoms with van der Waals surface area (Å²) in [6, 6.07) is 41.6. The van der Waals surface area contributed by atoms with E-state index in [4.69, 9.17) is 33.2 Å². The van der Waals surface area contributed by atoms with Gasteiger partial charge in [0.25, 0.3) is 0 Å². The Bertz CT molecular complexity index is 2890. The predicted molar refractivity (Wildman–Crippen MR) is 260 cm³/mol. The second kappa shape index (κ2) is 20.7. The van der Waals surface area contributed by atoms with E-state index in [1.165, 1.54) is 7.11 Å². The van der Waals surface area contributed by atoms with Gasteiger partial charge in [0.15, 0.2) is 13.6 Å². The molecule has 0 amide bonds. The first kappa shape index (κ1) is 44.8. The van der Waals surface area contributed by atoms with Gasteiger partial charge in [-0.25, -0.2) is 4.79 Å². The molecular formula is C53H47IO8Si. The molecule has 0 aliphatic heterocycles. The summed E-state index contributed by atoms with van der Waals surface area (Å²) in [4.78, 5) is 12.7. The number of methoxy groups -OCH3 is 3. The van der Waals surface area contributed by atoms with Gasteiger partial charge in [-0.2, -0.15) is 0 Å². The number of carbonyl (C=O) groups is 1. The Morgan fingerprint density at radius 3 is 1.56 bits per heavy atom. The third-order valence-corrected chi connectivity index (χ3v) is 11.6. The van der Waals surface area contributed by atoms with Gasteiger partial charge in [0.1, 0.15) is 44.3 Å². The van der Waals surface area contributed by atoms with Crippen molar-refractivity contribution >= 4 is 58.2 Å². The summed E-state index contributed by atoms with van der Waals surface area (Å²) in [7, 11) is 2.66. The van der Waals surface area contributed by atoms with E-state index in [2.05, 4.69) is 71.6 Å². The second-order valence-electron chi connectivity index (χ2n) is 15.6. The number of rotatable bonds is 14. The highest BCUT2D eigenvalue weighted by molar-refractivity contribution is 14.1. The number of fused-ring (bicyclic) bond motifs is 2. The van der Waals surface area contributed by atoms with Gasteiger partial charge in [-0.15, -0.1) is 5.54 Å². The Hall–Kier alpha value is -6.28. The number of carbonyl (C=O) groups excluding carboxylic acids is 1. The van der Waals surface area contributed by atoms with Gasteiger partial charge >= 0.3 is 5.97 Å². The molecule has 0 heterocycles. The lowest BCUT2D eigenvalue weighted by Crippen LogP contribution is -2.16. The molecule has 0 aliphatic rings. The second-order valence-corrected chi connectivity index (χ2v) is 21.5. The maximum atomic E-state index is 12.7. The maximum absolute atomic E-state index is 12.7. The molecule has 0 saturated carbocycles. The maximum Gasteiger partial charge on any atom is 0.338 e. The zero-order valence-electron chi connectivity index (χ0n) is 36.1. The smallest absolute Gasteiger partial charge is 0.338 e. The summed E-state index contributed by atoms with van der Waals surface area (Å²) in [5, 5.41) is 3.42. The molecule has 7 aromatic carbocycles. The van der Waals surface area contributed by atoms with Crippen molar-refractivity contribution in [1.82, 2.24) is 0 Å². The van der Waals surface area contributed by atoms with Crippen LogP contribution in [0.25, 0.3) is 32.7 Å². The molecule has 10 heteroatoms. The third kappa shape index (κ3) is 11.2. The number of hydrogen-bond acceptors (Lipinski definition) is 8. The lowest BCUT2D eigenvalue weighted by atomic mass is 9.88. The summed E-state index contributed by atoms with van der Waals surface area (Å²) in [6.07, 6.45) is 0. The van der Waals surface area contributed by atoms with Crippen LogP contribution in [0.2, 0.25) is 19.6 Å². The van der Waals surface area contributed by atoms with E-state index in [1.54, 1.807) is 20.3 Å². The topological polar surface area (TPSA) is 81.7 Å². The molecule has 0 bridgehead atoms. The monoisotopic (exact) mass is 966 g/mol. The largest absolute Gasteiger partial charge is 0.489 e. The molecule has 7 rings (SSSR count). The number of halogens is 1. The van der Waals surface area contributed by atoms with Crippen LogP contribution in [0.5, 0.6) is 23.0 Å². The minimum atomic E-state index is -1.87. The van der Waals surface area contributed by atoms with Crippen LogP contribution in [0.3, 0.4) is 0 Å². The van der Waals surface area contributed by atoms with Crippen molar-refractivity contribution in [3.63, 3.8) is 0 Å². The molecule has 0 unspecified atom stereocenters. The molecule has 0 atom stereocenters. The summed E-state index contributed by atoms with van der Waals surface area (Å²) < 4.78 is 43.2. The molecule has 0 N–H and O–H groups in total. The minimum absolute atomic E-state index is 0.0448. The van der Waals surface area contributed by atoms with Crippen LogP contribution >= 0.6 is 22.6 Å². The van der Waals surface area contributed by atoms with Crippen LogP contribution in [0.1, 0.15) is 38.2 Å². The van der Waals surface area contributed by atoms with Crippen LogP contribution in [0, 0.1) is 26.9 Å². The quantitative estimate of drug-likeness (QED) is 0.0351. The van der Waals surface area contributed by atoms with Crippen LogP contribution < -0.4 is 18.9 Å². The molecule has 0 saturated heterocycles. The average molecular weight is 967 g/mol. The molecule has 0 spiro atoms. The van der Waals surface area contributed by atoms with Gasteiger partial charge in [-0.05, 0) is 110 Å². The Kier molecular flexibility index (Phi) is 14.7. The van der Waals surface area contributed by atoms with Crippen LogP contribution in [-0.4, -0.2) is 49.0 Å². The fourth-order valence-electron chi connectivity index (χ4n) is 6.85. The van der Waals surface area contributed by atoms with Crippen molar-refractivity contribution in [3.05, 3.63) is 164 Å². The summed E-state index contributed by atoms with van der Waals surface area (Å²) in [6.45, 7) is 7.24. The fourth-order valence-corrected chi connectivity index (χ4v) is 7.92.